The molecule has 0 saturated carbocycles. The third-order valence-electron chi connectivity index (χ3n) is 5.89. The van der Waals surface area contributed by atoms with Crippen molar-refractivity contribution in [2.24, 2.45) is 0 Å². The van der Waals surface area contributed by atoms with Crippen LogP contribution in [0.5, 0.6) is 5.75 Å². The van der Waals surface area contributed by atoms with E-state index in [-0.39, 0.29) is 16.2 Å². The number of rotatable bonds is 9. The Balaban J connectivity index is 1.73. The van der Waals surface area contributed by atoms with Crippen molar-refractivity contribution in [3.8, 4) is 5.75 Å². The Labute approximate surface area is 205 Å². The van der Waals surface area contributed by atoms with Gasteiger partial charge in [0.15, 0.2) is 0 Å². The van der Waals surface area contributed by atoms with Crippen LogP contribution >= 0.6 is 0 Å². The van der Waals surface area contributed by atoms with Gasteiger partial charge in [0.25, 0.3) is 5.91 Å². The Morgan fingerprint density at radius 2 is 1.66 bits per heavy atom. The third kappa shape index (κ3) is 4.94. The van der Waals surface area contributed by atoms with Crippen molar-refractivity contribution >= 4 is 26.9 Å². The zero-order chi connectivity index (χ0) is 25.0. The number of para-hydroxylation sites is 1. The Hall–Kier alpha value is -3.62. The minimum absolute atomic E-state index is 0.0450. The number of carbonyl (C=O) groups is 1. The lowest BCUT2D eigenvalue weighted by atomic mass is 10.0. The first kappa shape index (κ1) is 24.5. The summed E-state index contributed by atoms with van der Waals surface area (Å²) >= 11 is 0. The Morgan fingerprint density at radius 3 is 2.31 bits per heavy atom. The van der Waals surface area contributed by atoms with Crippen LogP contribution < -0.4 is 10.1 Å². The van der Waals surface area contributed by atoms with E-state index in [9.17, 15) is 13.2 Å². The topological polar surface area (TPSA) is 88.9 Å². The molecule has 1 amide bonds. The number of nitrogens with one attached hydrogen (secondary N) is 1. The SMILES string of the molecule is CCN(CC)S(=O)(=O)c1cc(C(=O)NC(c2ccccc2)c2cc3ccccc3o2)ccc1OC. The van der Waals surface area contributed by atoms with Crippen molar-refractivity contribution in [3.05, 3.63) is 95.7 Å². The number of nitrogens with zero attached hydrogens (tertiary/aromatic N) is 1. The Bertz CT molecular complexity index is 1390. The van der Waals surface area contributed by atoms with E-state index in [1.807, 2.05) is 60.7 Å². The molecular weight excluding hydrogens is 464 g/mol. The van der Waals surface area contributed by atoms with Crippen molar-refractivity contribution in [2.75, 3.05) is 20.2 Å². The highest BCUT2D eigenvalue weighted by Crippen LogP contribution is 2.31. The van der Waals surface area contributed by atoms with Crippen LogP contribution in [-0.2, 0) is 10.0 Å². The number of sulfonamides is 1. The number of hydrogen-bond acceptors (Lipinski definition) is 5. The number of hydrogen-bond donors (Lipinski definition) is 1. The minimum Gasteiger partial charge on any atom is -0.495 e. The molecule has 1 heterocycles. The zero-order valence-electron chi connectivity index (χ0n) is 19.9. The summed E-state index contributed by atoms with van der Waals surface area (Å²) in [5.41, 5.74) is 1.76. The van der Waals surface area contributed by atoms with Gasteiger partial charge in [-0.1, -0.05) is 62.4 Å². The highest BCUT2D eigenvalue weighted by molar-refractivity contribution is 7.89. The van der Waals surface area contributed by atoms with Gasteiger partial charge in [0.05, 0.1) is 7.11 Å². The molecule has 182 valence electrons. The van der Waals surface area contributed by atoms with E-state index >= 15 is 0 Å². The predicted octanol–water partition coefficient (Wildman–Crippen LogP) is 4.99. The maximum Gasteiger partial charge on any atom is 0.252 e. The Kier molecular flexibility index (Phi) is 7.23. The summed E-state index contributed by atoms with van der Waals surface area (Å²) in [4.78, 5) is 13.4. The smallest absolute Gasteiger partial charge is 0.252 e. The van der Waals surface area contributed by atoms with Gasteiger partial charge in [-0.15, -0.1) is 0 Å². The number of ether oxygens (including phenoxy) is 1. The molecule has 0 saturated heterocycles. The maximum atomic E-state index is 13.4. The molecule has 1 unspecified atom stereocenters. The van der Waals surface area contributed by atoms with E-state index in [1.165, 1.54) is 23.5 Å². The minimum atomic E-state index is -3.84. The molecule has 35 heavy (non-hydrogen) atoms. The molecule has 0 aliphatic rings. The molecule has 7 nitrogen and oxygen atoms in total. The molecule has 4 aromatic rings. The fraction of sp³-hybridized carbons (Fsp3) is 0.222. The molecule has 1 atom stereocenters. The molecule has 0 aliphatic heterocycles. The van der Waals surface area contributed by atoms with Gasteiger partial charge >= 0.3 is 0 Å². The summed E-state index contributed by atoms with van der Waals surface area (Å²) in [5.74, 6) is 0.332. The van der Waals surface area contributed by atoms with Gasteiger partial charge in [0, 0.05) is 24.0 Å². The fourth-order valence-corrected chi connectivity index (χ4v) is 5.68. The van der Waals surface area contributed by atoms with E-state index in [0.717, 1.165) is 16.5 Å². The summed E-state index contributed by atoms with van der Waals surface area (Å²) in [7, 11) is -2.43. The average Bonchev–Trinajstić information content (AvgIpc) is 3.31. The first-order valence-corrected chi connectivity index (χ1v) is 12.9. The van der Waals surface area contributed by atoms with Crippen LogP contribution in [0.1, 0.15) is 41.6 Å². The van der Waals surface area contributed by atoms with Gasteiger partial charge in [0.1, 0.15) is 28.0 Å². The number of amides is 1. The summed E-state index contributed by atoms with van der Waals surface area (Å²) in [6, 6.07) is 22.9. The second-order valence-corrected chi connectivity index (χ2v) is 9.87. The lowest BCUT2D eigenvalue weighted by Gasteiger charge is -2.21. The normalized spacial score (nSPS) is 12.6. The van der Waals surface area contributed by atoms with Gasteiger partial charge in [-0.2, -0.15) is 4.31 Å². The largest absolute Gasteiger partial charge is 0.495 e. The van der Waals surface area contributed by atoms with Gasteiger partial charge in [0.2, 0.25) is 10.0 Å². The molecule has 0 bridgehead atoms. The molecule has 0 spiro atoms. The van der Waals surface area contributed by atoms with E-state index in [1.54, 1.807) is 19.9 Å². The lowest BCUT2D eigenvalue weighted by molar-refractivity contribution is 0.0939. The molecule has 1 N–H and O–H groups in total. The number of methoxy groups -OCH3 is 1. The highest BCUT2D eigenvalue weighted by atomic mass is 32.2. The third-order valence-corrected chi connectivity index (χ3v) is 7.96. The van der Waals surface area contributed by atoms with E-state index in [0.29, 0.717) is 18.8 Å². The molecule has 0 radical (unpaired) electrons. The lowest BCUT2D eigenvalue weighted by Crippen LogP contribution is -2.32. The van der Waals surface area contributed by atoms with Crippen LogP contribution in [0.15, 0.2) is 88.2 Å². The first-order valence-electron chi connectivity index (χ1n) is 11.4. The van der Waals surface area contributed by atoms with Gasteiger partial charge in [-0.3, -0.25) is 4.79 Å². The molecule has 8 heteroatoms. The Morgan fingerprint density at radius 1 is 0.971 bits per heavy atom. The number of furan rings is 1. The molecule has 4 rings (SSSR count). The second kappa shape index (κ2) is 10.3. The number of carbonyl (C=O) groups excluding carboxylic acids is 1. The van der Waals surface area contributed by atoms with Crippen molar-refractivity contribution in [1.82, 2.24) is 9.62 Å². The maximum absolute atomic E-state index is 13.4. The van der Waals surface area contributed by atoms with Gasteiger partial charge in [-0.05, 0) is 35.9 Å². The van der Waals surface area contributed by atoms with Crippen molar-refractivity contribution in [3.63, 3.8) is 0 Å². The van der Waals surface area contributed by atoms with E-state index < -0.39 is 22.0 Å². The number of fused-ring (bicyclic) bond motifs is 1. The average molecular weight is 493 g/mol. The van der Waals surface area contributed by atoms with Crippen LogP contribution in [0.4, 0.5) is 0 Å². The second-order valence-electron chi connectivity index (χ2n) is 7.96. The van der Waals surface area contributed by atoms with Gasteiger partial charge < -0.3 is 14.5 Å². The van der Waals surface area contributed by atoms with Crippen molar-refractivity contribution in [2.45, 2.75) is 24.8 Å². The molecular formula is C27H28N2O5S. The highest BCUT2D eigenvalue weighted by Gasteiger charge is 2.28. The molecule has 1 aromatic heterocycles. The fourth-order valence-electron chi connectivity index (χ4n) is 4.05. The quantitative estimate of drug-likeness (QED) is 0.356. The standard InChI is InChI=1S/C27H28N2O5S/c1-4-29(5-2)35(31,32)25-18-21(15-16-23(25)33-3)27(30)28-26(19-11-7-6-8-12-19)24-17-20-13-9-10-14-22(20)34-24/h6-18,26H,4-5H2,1-3H3,(H,28,30). The van der Waals surface area contributed by atoms with E-state index in [2.05, 4.69) is 5.32 Å². The molecule has 3 aromatic carbocycles. The van der Waals surface area contributed by atoms with Crippen molar-refractivity contribution < 1.29 is 22.4 Å². The summed E-state index contributed by atoms with van der Waals surface area (Å²) in [6.07, 6.45) is 0. The summed E-state index contributed by atoms with van der Waals surface area (Å²) in [6.45, 7) is 4.14. The monoisotopic (exact) mass is 492 g/mol. The zero-order valence-corrected chi connectivity index (χ0v) is 20.7. The van der Waals surface area contributed by atoms with E-state index in [4.69, 9.17) is 9.15 Å². The first-order chi connectivity index (χ1) is 16.9. The van der Waals surface area contributed by atoms with Crippen LogP contribution in [0.25, 0.3) is 11.0 Å². The van der Waals surface area contributed by atoms with Gasteiger partial charge in [-0.25, -0.2) is 8.42 Å². The molecule has 0 aliphatic carbocycles. The summed E-state index contributed by atoms with van der Waals surface area (Å²) in [5, 5.41) is 3.94. The van der Waals surface area contributed by atoms with Crippen molar-refractivity contribution in [1.29, 1.82) is 0 Å². The predicted molar refractivity (Wildman–Crippen MR) is 135 cm³/mol. The summed E-state index contributed by atoms with van der Waals surface area (Å²) < 4.78 is 39.1. The van der Waals surface area contributed by atoms with Crippen LogP contribution in [0.2, 0.25) is 0 Å². The van der Waals surface area contributed by atoms with Crippen LogP contribution in [-0.4, -0.2) is 38.8 Å². The molecule has 0 fully saturated rings. The number of benzene rings is 3. The van der Waals surface area contributed by atoms with Crippen LogP contribution in [0.3, 0.4) is 0 Å². The van der Waals surface area contributed by atoms with Crippen LogP contribution in [0, 0.1) is 0 Å².